The van der Waals surface area contributed by atoms with Gasteiger partial charge in [-0.1, -0.05) is 33.1 Å². The first-order valence-corrected chi connectivity index (χ1v) is 6.26. The van der Waals surface area contributed by atoms with Crippen LogP contribution < -0.4 is 11.1 Å². The average Bonchev–Trinajstić information content (AvgIpc) is 2.25. The summed E-state index contributed by atoms with van der Waals surface area (Å²) in [5.74, 6) is -0.329. The average molecular weight is 228 g/mol. The van der Waals surface area contributed by atoms with E-state index in [-0.39, 0.29) is 18.0 Å². The lowest BCUT2D eigenvalue weighted by Gasteiger charge is -2.25. The fourth-order valence-electron chi connectivity index (χ4n) is 2.08. The zero-order chi connectivity index (χ0) is 12.0. The van der Waals surface area contributed by atoms with Gasteiger partial charge in [0.15, 0.2) is 0 Å². The Morgan fingerprint density at radius 3 is 2.50 bits per heavy atom. The van der Waals surface area contributed by atoms with Crippen LogP contribution >= 0.6 is 0 Å². The second kappa shape index (κ2) is 6.86. The SMILES string of the molecule is CC(C)NC(COC1CCCCC1)C(N)=O. The number of hydrogen-bond donors (Lipinski definition) is 2. The number of primary amides is 1. The Kier molecular flexibility index (Phi) is 5.77. The molecule has 1 unspecified atom stereocenters. The van der Waals surface area contributed by atoms with Crippen molar-refractivity contribution in [2.75, 3.05) is 6.61 Å². The molecule has 1 rings (SSSR count). The Morgan fingerprint density at radius 1 is 1.38 bits per heavy atom. The molecule has 0 aromatic heterocycles. The zero-order valence-electron chi connectivity index (χ0n) is 10.4. The Hall–Kier alpha value is -0.610. The molecule has 0 spiro atoms. The summed E-state index contributed by atoms with van der Waals surface area (Å²) in [5, 5.41) is 3.12. The Morgan fingerprint density at radius 2 is 2.00 bits per heavy atom. The highest BCUT2D eigenvalue weighted by Crippen LogP contribution is 2.20. The summed E-state index contributed by atoms with van der Waals surface area (Å²) in [6, 6.07) is -0.116. The van der Waals surface area contributed by atoms with Crippen molar-refractivity contribution in [3.8, 4) is 0 Å². The largest absolute Gasteiger partial charge is 0.376 e. The zero-order valence-corrected chi connectivity index (χ0v) is 10.4. The standard InChI is InChI=1S/C12H24N2O2/c1-9(2)14-11(12(13)15)8-16-10-6-4-3-5-7-10/h9-11,14H,3-8H2,1-2H3,(H2,13,15). The lowest BCUT2D eigenvalue weighted by Crippen LogP contribution is -2.48. The molecular formula is C12H24N2O2. The van der Waals surface area contributed by atoms with Crippen LogP contribution in [0.1, 0.15) is 46.0 Å². The van der Waals surface area contributed by atoms with Crippen LogP contribution in [0.15, 0.2) is 0 Å². The maximum atomic E-state index is 11.2. The van der Waals surface area contributed by atoms with Gasteiger partial charge in [0.25, 0.3) is 0 Å². The quantitative estimate of drug-likeness (QED) is 0.717. The van der Waals surface area contributed by atoms with Crippen LogP contribution in [0.2, 0.25) is 0 Å². The van der Waals surface area contributed by atoms with Gasteiger partial charge in [0, 0.05) is 6.04 Å². The molecule has 0 saturated heterocycles. The molecule has 1 saturated carbocycles. The molecule has 16 heavy (non-hydrogen) atoms. The molecule has 0 aromatic rings. The van der Waals surface area contributed by atoms with E-state index in [0.717, 1.165) is 12.8 Å². The van der Waals surface area contributed by atoms with Crippen molar-refractivity contribution in [2.24, 2.45) is 5.73 Å². The first-order chi connectivity index (χ1) is 7.59. The highest BCUT2D eigenvalue weighted by atomic mass is 16.5. The second-order valence-corrected chi connectivity index (χ2v) is 4.87. The van der Waals surface area contributed by atoms with Crippen LogP contribution in [0.5, 0.6) is 0 Å². The van der Waals surface area contributed by atoms with Crippen molar-refractivity contribution in [1.29, 1.82) is 0 Å². The van der Waals surface area contributed by atoms with Crippen molar-refractivity contribution in [3.63, 3.8) is 0 Å². The molecule has 1 fully saturated rings. The smallest absolute Gasteiger partial charge is 0.236 e. The number of ether oxygens (including phenoxy) is 1. The molecule has 0 aliphatic heterocycles. The second-order valence-electron chi connectivity index (χ2n) is 4.87. The molecular weight excluding hydrogens is 204 g/mol. The topological polar surface area (TPSA) is 64.3 Å². The van der Waals surface area contributed by atoms with Crippen molar-refractivity contribution in [2.45, 2.75) is 64.1 Å². The maximum absolute atomic E-state index is 11.2. The van der Waals surface area contributed by atoms with Crippen LogP contribution in [-0.4, -0.2) is 30.7 Å². The number of nitrogens with two attached hydrogens (primary N) is 1. The minimum atomic E-state index is -0.359. The van der Waals surface area contributed by atoms with E-state index in [9.17, 15) is 4.79 Å². The Bertz CT molecular complexity index is 213. The van der Waals surface area contributed by atoms with Gasteiger partial charge in [-0.25, -0.2) is 0 Å². The fraction of sp³-hybridized carbons (Fsp3) is 0.917. The van der Waals surface area contributed by atoms with Crippen LogP contribution in [-0.2, 0) is 9.53 Å². The molecule has 0 radical (unpaired) electrons. The summed E-state index contributed by atoms with van der Waals surface area (Å²) in [4.78, 5) is 11.2. The number of nitrogens with one attached hydrogen (secondary N) is 1. The molecule has 3 N–H and O–H groups in total. The molecule has 1 aliphatic carbocycles. The van der Waals surface area contributed by atoms with Crippen molar-refractivity contribution in [3.05, 3.63) is 0 Å². The van der Waals surface area contributed by atoms with E-state index < -0.39 is 0 Å². The molecule has 0 heterocycles. The van der Waals surface area contributed by atoms with Crippen LogP contribution in [0.25, 0.3) is 0 Å². The van der Waals surface area contributed by atoms with E-state index >= 15 is 0 Å². The minimum Gasteiger partial charge on any atom is -0.376 e. The van der Waals surface area contributed by atoms with E-state index in [1.54, 1.807) is 0 Å². The lowest BCUT2D eigenvalue weighted by atomic mass is 9.98. The third-order valence-corrected chi connectivity index (χ3v) is 2.93. The van der Waals surface area contributed by atoms with Crippen molar-refractivity contribution < 1.29 is 9.53 Å². The minimum absolute atomic E-state index is 0.243. The predicted octanol–water partition coefficient (Wildman–Crippen LogP) is 1.19. The van der Waals surface area contributed by atoms with Crippen LogP contribution in [0.4, 0.5) is 0 Å². The van der Waals surface area contributed by atoms with E-state index in [1.807, 2.05) is 13.8 Å². The number of amides is 1. The van der Waals surface area contributed by atoms with Gasteiger partial charge in [0.2, 0.25) is 5.91 Å². The molecule has 1 aliphatic rings. The van der Waals surface area contributed by atoms with Crippen LogP contribution in [0.3, 0.4) is 0 Å². The summed E-state index contributed by atoms with van der Waals surface area (Å²) in [6.07, 6.45) is 6.35. The number of carbonyl (C=O) groups excluding carboxylic acids is 1. The number of hydrogen-bond acceptors (Lipinski definition) is 3. The third-order valence-electron chi connectivity index (χ3n) is 2.93. The molecule has 0 aromatic carbocycles. The maximum Gasteiger partial charge on any atom is 0.236 e. The first-order valence-electron chi connectivity index (χ1n) is 6.26. The molecule has 4 heteroatoms. The summed E-state index contributed by atoms with van der Waals surface area (Å²) >= 11 is 0. The van der Waals surface area contributed by atoms with Crippen molar-refractivity contribution in [1.82, 2.24) is 5.32 Å². The van der Waals surface area contributed by atoms with Gasteiger partial charge in [0.1, 0.15) is 6.04 Å². The highest BCUT2D eigenvalue weighted by Gasteiger charge is 2.20. The fourth-order valence-corrected chi connectivity index (χ4v) is 2.08. The van der Waals surface area contributed by atoms with Gasteiger partial charge < -0.3 is 15.8 Å². The van der Waals surface area contributed by atoms with Gasteiger partial charge in [-0.3, -0.25) is 4.79 Å². The summed E-state index contributed by atoms with van der Waals surface area (Å²) < 4.78 is 5.74. The Labute approximate surface area is 97.9 Å². The number of carbonyl (C=O) groups is 1. The predicted molar refractivity (Wildman–Crippen MR) is 64.1 cm³/mol. The van der Waals surface area contributed by atoms with E-state index in [4.69, 9.17) is 10.5 Å². The summed E-state index contributed by atoms with van der Waals surface area (Å²) in [7, 11) is 0. The van der Waals surface area contributed by atoms with E-state index in [2.05, 4.69) is 5.32 Å². The van der Waals surface area contributed by atoms with E-state index in [0.29, 0.717) is 12.7 Å². The van der Waals surface area contributed by atoms with Crippen LogP contribution in [0, 0.1) is 0 Å². The van der Waals surface area contributed by atoms with Gasteiger partial charge in [0.05, 0.1) is 12.7 Å². The van der Waals surface area contributed by atoms with Crippen molar-refractivity contribution >= 4 is 5.91 Å². The molecule has 0 bridgehead atoms. The Balaban J connectivity index is 2.28. The number of rotatable bonds is 6. The van der Waals surface area contributed by atoms with E-state index in [1.165, 1.54) is 19.3 Å². The summed E-state index contributed by atoms with van der Waals surface area (Å²) in [6.45, 7) is 4.39. The normalized spacial score (nSPS) is 19.9. The van der Waals surface area contributed by atoms with Gasteiger partial charge >= 0.3 is 0 Å². The first kappa shape index (κ1) is 13.5. The lowest BCUT2D eigenvalue weighted by molar-refractivity contribution is -0.122. The molecule has 1 amide bonds. The molecule has 94 valence electrons. The molecule has 4 nitrogen and oxygen atoms in total. The van der Waals surface area contributed by atoms with Gasteiger partial charge in [-0.05, 0) is 12.8 Å². The highest BCUT2D eigenvalue weighted by molar-refractivity contribution is 5.80. The summed E-state index contributed by atoms with van der Waals surface area (Å²) in [5.41, 5.74) is 5.32. The van der Waals surface area contributed by atoms with Gasteiger partial charge in [-0.15, -0.1) is 0 Å². The monoisotopic (exact) mass is 228 g/mol. The molecule has 1 atom stereocenters. The van der Waals surface area contributed by atoms with Gasteiger partial charge in [-0.2, -0.15) is 0 Å². The third kappa shape index (κ3) is 4.94.